The maximum absolute atomic E-state index is 12.9. The first-order chi connectivity index (χ1) is 12.1. The van der Waals surface area contributed by atoms with Crippen molar-refractivity contribution in [2.75, 3.05) is 40.0 Å². The summed E-state index contributed by atoms with van der Waals surface area (Å²) < 4.78 is 22.9. The quantitative estimate of drug-likeness (QED) is 0.742. The lowest BCUT2D eigenvalue weighted by Gasteiger charge is -2.34. The Kier molecular flexibility index (Phi) is 6.19. The largest absolute Gasteiger partial charge is 0.493 e. The molecule has 2 aliphatic heterocycles. The number of piperidine rings is 1. The van der Waals surface area contributed by atoms with Gasteiger partial charge in [0.25, 0.3) is 5.91 Å². The monoisotopic (exact) mass is 413 g/mol. The average molecular weight is 414 g/mol. The Labute approximate surface area is 156 Å². The highest BCUT2D eigenvalue weighted by Gasteiger charge is 2.32. The standard InChI is InChI=1S/C18H24BrNO5/c1-3-23-16-14(19)10-13(11-15(16)22-2)17(21)20-6-4-12(5-7-20)18-24-8-9-25-18/h10-12,18H,3-9H2,1-2H3. The van der Waals surface area contributed by atoms with Gasteiger partial charge in [-0.3, -0.25) is 4.79 Å². The van der Waals surface area contributed by atoms with Crippen molar-refractivity contribution >= 4 is 21.8 Å². The first kappa shape index (κ1) is 18.5. The fourth-order valence-corrected chi connectivity index (χ4v) is 3.89. The SMILES string of the molecule is CCOc1c(Br)cc(C(=O)N2CCC(C3OCCO3)CC2)cc1OC. The van der Waals surface area contributed by atoms with Crippen LogP contribution in [0.4, 0.5) is 0 Å². The molecule has 0 aromatic heterocycles. The zero-order chi connectivity index (χ0) is 17.8. The van der Waals surface area contributed by atoms with Crippen LogP contribution in [0.25, 0.3) is 0 Å². The number of carbonyl (C=O) groups is 1. The Balaban J connectivity index is 1.68. The number of amides is 1. The minimum Gasteiger partial charge on any atom is -0.493 e. The third-order valence-electron chi connectivity index (χ3n) is 4.62. The number of hydrogen-bond donors (Lipinski definition) is 0. The molecule has 6 nitrogen and oxygen atoms in total. The molecule has 138 valence electrons. The number of methoxy groups -OCH3 is 1. The molecule has 2 saturated heterocycles. The molecule has 0 N–H and O–H groups in total. The number of nitrogens with zero attached hydrogens (tertiary/aromatic N) is 1. The molecular weight excluding hydrogens is 390 g/mol. The van der Waals surface area contributed by atoms with Crippen molar-refractivity contribution in [3.8, 4) is 11.5 Å². The molecule has 2 aliphatic rings. The van der Waals surface area contributed by atoms with E-state index in [1.54, 1.807) is 19.2 Å². The summed E-state index contributed by atoms with van der Waals surface area (Å²) in [6, 6.07) is 3.54. The lowest BCUT2D eigenvalue weighted by molar-refractivity contribution is -0.0956. The predicted octanol–water partition coefficient (Wildman–Crippen LogP) is 3.08. The lowest BCUT2D eigenvalue weighted by atomic mass is 9.95. The van der Waals surface area contributed by atoms with Gasteiger partial charge in [-0.25, -0.2) is 0 Å². The van der Waals surface area contributed by atoms with E-state index in [-0.39, 0.29) is 12.2 Å². The normalized spacial score (nSPS) is 19.2. The summed E-state index contributed by atoms with van der Waals surface area (Å²) >= 11 is 3.48. The van der Waals surface area contributed by atoms with E-state index in [0.717, 1.165) is 17.3 Å². The van der Waals surface area contributed by atoms with Crippen molar-refractivity contribution in [1.29, 1.82) is 0 Å². The molecular formula is C18H24BrNO5. The van der Waals surface area contributed by atoms with Gasteiger partial charge in [-0.2, -0.15) is 0 Å². The summed E-state index contributed by atoms with van der Waals surface area (Å²) in [5.74, 6) is 1.56. The zero-order valence-corrected chi connectivity index (χ0v) is 16.2. The van der Waals surface area contributed by atoms with Crippen molar-refractivity contribution < 1.29 is 23.7 Å². The molecule has 2 fully saturated rings. The number of benzene rings is 1. The Morgan fingerprint density at radius 3 is 2.56 bits per heavy atom. The Morgan fingerprint density at radius 2 is 1.96 bits per heavy atom. The van der Waals surface area contributed by atoms with Crippen LogP contribution in [0.3, 0.4) is 0 Å². The van der Waals surface area contributed by atoms with Gasteiger partial charge in [0, 0.05) is 24.6 Å². The first-order valence-corrected chi connectivity index (χ1v) is 9.46. The second-order valence-corrected chi connectivity index (χ2v) is 7.02. The summed E-state index contributed by atoms with van der Waals surface area (Å²) in [4.78, 5) is 14.7. The summed E-state index contributed by atoms with van der Waals surface area (Å²) in [5, 5.41) is 0. The van der Waals surface area contributed by atoms with Crippen LogP contribution in [0.5, 0.6) is 11.5 Å². The van der Waals surface area contributed by atoms with Crippen LogP contribution in [0.15, 0.2) is 16.6 Å². The molecule has 1 aromatic rings. The molecule has 0 unspecified atom stereocenters. The summed E-state index contributed by atoms with van der Waals surface area (Å²) in [5.41, 5.74) is 0.596. The minimum atomic E-state index is -0.100. The Bertz CT molecular complexity index is 610. The fraction of sp³-hybridized carbons (Fsp3) is 0.611. The third-order valence-corrected chi connectivity index (χ3v) is 5.21. The van der Waals surface area contributed by atoms with Gasteiger partial charge in [0.1, 0.15) is 0 Å². The summed E-state index contributed by atoms with van der Waals surface area (Å²) in [7, 11) is 1.58. The molecule has 0 bridgehead atoms. The number of ether oxygens (including phenoxy) is 4. The molecule has 1 aromatic carbocycles. The first-order valence-electron chi connectivity index (χ1n) is 8.66. The van der Waals surface area contributed by atoms with Crippen LogP contribution in [0.1, 0.15) is 30.1 Å². The van der Waals surface area contributed by atoms with Gasteiger partial charge in [-0.15, -0.1) is 0 Å². The summed E-state index contributed by atoms with van der Waals surface area (Å²) in [6.07, 6.45) is 1.69. The molecule has 3 rings (SSSR count). The number of rotatable bonds is 5. The van der Waals surface area contributed by atoms with Gasteiger partial charge in [-0.1, -0.05) is 0 Å². The second-order valence-electron chi connectivity index (χ2n) is 6.16. The zero-order valence-electron chi connectivity index (χ0n) is 14.6. The van der Waals surface area contributed by atoms with Gasteiger partial charge in [0.2, 0.25) is 0 Å². The van der Waals surface area contributed by atoms with Crippen molar-refractivity contribution in [3.63, 3.8) is 0 Å². The van der Waals surface area contributed by atoms with E-state index in [0.29, 0.717) is 55.9 Å². The predicted molar refractivity (Wildman–Crippen MR) is 96.2 cm³/mol. The number of carbonyl (C=O) groups excluding carboxylic acids is 1. The van der Waals surface area contributed by atoms with Gasteiger partial charge in [0.05, 0.1) is 31.4 Å². The molecule has 0 aliphatic carbocycles. The van der Waals surface area contributed by atoms with E-state index in [4.69, 9.17) is 18.9 Å². The highest BCUT2D eigenvalue weighted by Crippen LogP contribution is 2.37. The van der Waals surface area contributed by atoms with E-state index < -0.39 is 0 Å². The van der Waals surface area contributed by atoms with Gasteiger partial charge in [0.15, 0.2) is 17.8 Å². The van der Waals surface area contributed by atoms with E-state index >= 15 is 0 Å². The Hall–Kier alpha value is -1.31. The highest BCUT2D eigenvalue weighted by atomic mass is 79.9. The Morgan fingerprint density at radius 1 is 1.28 bits per heavy atom. The highest BCUT2D eigenvalue weighted by molar-refractivity contribution is 9.10. The van der Waals surface area contributed by atoms with Crippen molar-refractivity contribution in [2.24, 2.45) is 5.92 Å². The molecule has 0 radical (unpaired) electrons. The van der Waals surface area contributed by atoms with Crippen LogP contribution in [-0.2, 0) is 9.47 Å². The van der Waals surface area contributed by atoms with E-state index in [1.807, 2.05) is 11.8 Å². The van der Waals surface area contributed by atoms with Crippen LogP contribution in [0.2, 0.25) is 0 Å². The van der Waals surface area contributed by atoms with E-state index in [9.17, 15) is 4.79 Å². The number of halogens is 1. The van der Waals surface area contributed by atoms with Crippen LogP contribution in [-0.4, -0.2) is 57.1 Å². The van der Waals surface area contributed by atoms with E-state index in [2.05, 4.69) is 15.9 Å². The summed E-state index contributed by atoms with van der Waals surface area (Å²) in [6.45, 7) is 5.20. The van der Waals surface area contributed by atoms with Crippen LogP contribution >= 0.6 is 15.9 Å². The third kappa shape index (κ3) is 4.10. The second kappa shape index (κ2) is 8.38. The smallest absolute Gasteiger partial charge is 0.254 e. The average Bonchev–Trinajstić information content (AvgIpc) is 3.17. The van der Waals surface area contributed by atoms with Gasteiger partial charge >= 0.3 is 0 Å². The van der Waals surface area contributed by atoms with Gasteiger partial charge in [-0.05, 0) is 47.8 Å². The molecule has 0 atom stereocenters. The minimum absolute atomic E-state index is 0.00811. The lowest BCUT2D eigenvalue weighted by Crippen LogP contribution is -2.41. The molecule has 7 heteroatoms. The molecule has 0 spiro atoms. The van der Waals surface area contributed by atoms with Crippen LogP contribution in [0, 0.1) is 5.92 Å². The van der Waals surface area contributed by atoms with E-state index in [1.165, 1.54) is 0 Å². The molecule has 2 heterocycles. The topological polar surface area (TPSA) is 57.2 Å². The molecule has 0 saturated carbocycles. The molecule has 25 heavy (non-hydrogen) atoms. The fourth-order valence-electron chi connectivity index (χ4n) is 3.33. The van der Waals surface area contributed by atoms with Gasteiger partial charge < -0.3 is 23.8 Å². The van der Waals surface area contributed by atoms with Crippen molar-refractivity contribution in [1.82, 2.24) is 4.90 Å². The van der Waals surface area contributed by atoms with Crippen LogP contribution < -0.4 is 9.47 Å². The van der Waals surface area contributed by atoms with Crippen molar-refractivity contribution in [2.45, 2.75) is 26.1 Å². The number of hydrogen-bond acceptors (Lipinski definition) is 5. The maximum Gasteiger partial charge on any atom is 0.254 e. The molecule has 1 amide bonds. The van der Waals surface area contributed by atoms with Crippen molar-refractivity contribution in [3.05, 3.63) is 22.2 Å². The number of likely N-dealkylation sites (tertiary alicyclic amines) is 1. The maximum atomic E-state index is 12.9.